The van der Waals surface area contributed by atoms with Crippen LogP contribution in [0.3, 0.4) is 0 Å². The Morgan fingerprint density at radius 3 is 1.61 bits per heavy atom. The number of hydrogen-bond donors (Lipinski definition) is 0. The van der Waals surface area contributed by atoms with Crippen LogP contribution in [-0.4, -0.2) is 14.5 Å². The smallest absolute Gasteiger partial charge is 0.0979 e. The molecule has 14 rings (SSSR count). The molecule has 2 heterocycles. The molecule has 0 saturated carbocycles. The highest BCUT2D eigenvalue weighted by atomic mass is 15.0. The Balaban J connectivity index is 0.945. The highest BCUT2D eigenvalue weighted by Gasteiger charge is 2.46. The zero-order valence-corrected chi connectivity index (χ0v) is 38.2. The van der Waals surface area contributed by atoms with E-state index in [2.05, 4.69) is 247 Å². The van der Waals surface area contributed by atoms with Crippen molar-refractivity contribution < 1.29 is 0 Å². The van der Waals surface area contributed by atoms with Crippen molar-refractivity contribution in [3.05, 3.63) is 283 Å². The molecule has 3 nitrogen and oxygen atoms in total. The van der Waals surface area contributed by atoms with Gasteiger partial charge in [0, 0.05) is 27.6 Å². The average Bonchev–Trinajstić information content (AvgIpc) is 3.94. The van der Waals surface area contributed by atoms with Crippen LogP contribution in [0.1, 0.15) is 22.3 Å². The van der Waals surface area contributed by atoms with Crippen LogP contribution in [0.15, 0.2) is 261 Å². The normalized spacial score (nSPS) is 12.7. The maximum atomic E-state index is 5.34. The molecule has 0 bridgehead atoms. The lowest BCUT2D eigenvalue weighted by Crippen LogP contribution is -2.28. The lowest BCUT2D eigenvalue weighted by molar-refractivity contribution is 0.768. The highest BCUT2D eigenvalue weighted by molar-refractivity contribution is 6.21. The van der Waals surface area contributed by atoms with Gasteiger partial charge in [-0.05, 0) is 109 Å². The molecule has 0 fully saturated rings. The second-order valence-corrected chi connectivity index (χ2v) is 18.4. The third kappa shape index (κ3) is 6.08. The number of hydrogen-bond acceptors (Lipinski definition) is 2. The number of para-hydroxylation sites is 2. The summed E-state index contributed by atoms with van der Waals surface area (Å²) >= 11 is 0. The fraction of sp³-hybridized carbons (Fsp3) is 0.0149. The van der Waals surface area contributed by atoms with E-state index < -0.39 is 5.41 Å². The van der Waals surface area contributed by atoms with Crippen molar-refractivity contribution in [1.29, 1.82) is 0 Å². The molecule has 0 aliphatic heterocycles. The molecule has 0 unspecified atom stereocenters. The second kappa shape index (κ2) is 16.0. The van der Waals surface area contributed by atoms with Crippen molar-refractivity contribution in [3.8, 4) is 61.6 Å². The fourth-order valence-corrected chi connectivity index (χ4v) is 11.6. The molecule has 0 saturated heterocycles. The van der Waals surface area contributed by atoms with Gasteiger partial charge in [0.25, 0.3) is 0 Å². The Morgan fingerprint density at radius 1 is 0.314 bits per heavy atom. The minimum absolute atomic E-state index is 0.443. The van der Waals surface area contributed by atoms with Crippen molar-refractivity contribution >= 4 is 43.6 Å². The average molecular weight is 890 g/mol. The van der Waals surface area contributed by atoms with Crippen LogP contribution in [0.5, 0.6) is 0 Å². The molecule has 70 heavy (non-hydrogen) atoms. The van der Waals surface area contributed by atoms with Crippen molar-refractivity contribution in [3.63, 3.8) is 0 Å². The van der Waals surface area contributed by atoms with Crippen LogP contribution >= 0.6 is 0 Å². The van der Waals surface area contributed by atoms with Crippen LogP contribution < -0.4 is 0 Å². The van der Waals surface area contributed by atoms with Crippen molar-refractivity contribution in [2.24, 2.45) is 0 Å². The van der Waals surface area contributed by atoms with E-state index in [0.717, 1.165) is 55.9 Å². The first-order chi connectivity index (χ1) is 34.7. The molecule has 0 amide bonds. The summed E-state index contributed by atoms with van der Waals surface area (Å²) in [6.45, 7) is 0. The van der Waals surface area contributed by atoms with Gasteiger partial charge in [-0.3, -0.25) is 0 Å². The quantitative estimate of drug-likeness (QED) is 0.160. The molecule has 1 aliphatic carbocycles. The van der Waals surface area contributed by atoms with Gasteiger partial charge in [0.05, 0.1) is 38.9 Å². The van der Waals surface area contributed by atoms with Gasteiger partial charge in [-0.15, -0.1) is 0 Å². The van der Waals surface area contributed by atoms with Gasteiger partial charge in [-0.1, -0.05) is 218 Å². The van der Waals surface area contributed by atoms with E-state index >= 15 is 0 Å². The Labute approximate surface area is 406 Å². The maximum Gasteiger partial charge on any atom is 0.0979 e. The van der Waals surface area contributed by atoms with Crippen LogP contribution in [0.2, 0.25) is 0 Å². The summed E-state index contributed by atoms with van der Waals surface area (Å²) in [6, 6.07) is 94.7. The van der Waals surface area contributed by atoms with Gasteiger partial charge < -0.3 is 4.57 Å². The first-order valence-corrected chi connectivity index (χ1v) is 24.1. The molecule has 0 N–H and O–H groups in total. The van der Waals surface area contributed by atoms with Crippen LogP contribution in [-0.2, 0) is 5.41 Å². The van der Waals surface area contributed by atoms with E-state index in [1.54, 1.807) is 0 Å². The predicted molar refractivity (Wildman–Crippen MR) is 290 cm³/mol. The zero-order valence-electron chi connectivity index (χ0n) is 38.2. The molecule has 0 atom stereocenters. The summed E-state index contributed by atoms with van der Waals surface area (Å²) in [6.07, 6.45) is 0. The minimum Gasteiger partial charge on any atom is -0.309 e. The molecule has 326 valence electrons. The summed E-state index contributed by atoms with van der Waals surface area (Å²) in [5.74, 6) is 0. The molecule has 2 aromatic heterocycles. The summed E-state index contributed by atoms with van der Waals surface area (Å²) in [5, 5.41) is 4.94. The van der Waals surface area contributed by atoms with Gasteiger partial charge in [0.15, 0.2) is 0 Å². The lowest BCUT2D eigenvalue weighted by Gasteiger charge is -2.33. The minimum atomic E-state index is -0.443. The van der Waals surface area contributed by atoms with Crippen LogP contribution in [0.25, 0.3) is 105 Å². The number of fused-ring (bicyclic) bond motifs is 9. The van der Waals surface area contributed by atoms with Crippen LogP contribution in [0, 0.1) is 0 Å². The SMILES string of the molecule is c1ccc(-c2ccccc2-c2nc3ccccc3nc2-c2ccc(-n3c4cc(-c5ccc6c(c5)-c5ccccc5C6(c5ccccc5)c5ccccc5)ccc4c4c5ccccc5ccc43)cc2)cc1. The molecular formula is C67H43N3. The van der Waals surface area contributed by atoms with Gasteiger partial charge >= 0.3 is 0 Å². The molecule has 13 aromatic rings. The molecular weight excluding hydrogens is 847 g/mol. The van der Waals surface area contributed by atoms with Crippen LogP contribution in [0.4, 0.5) is 0 Å². The van der Waals surface area contributed by atoms with E-state index in [1.165, 1.54) is 71.6 Å². The molecule has 0 radical (unpaired) electrons. The van der Waals surface area contributed by atoms with Gasteiger partial charge in [-0.25, -0.2) is 9.97 Å². The predicted octanol–water partition coefficient (Wildman–Crippen LogP) is 16.9. The highest BCUT2D eigenvalue weighted by Crippen LogP contribution is 2.57. The van der Waals surface area contributed by atoms with E-state index in [0.29, 0.717) is 0 Å². The Kier molecular flexibility index (Phi) is 9.11. The number of aromatic nitrogens is 3. The summed E-state index contributed by atoms with van der Waals surface area (Å²) in [4.78, 5) is 10.7. The largest absolute Gasteiger partial charge is 0.309 e. The maximum absolute atomic E-state index is 5.34. The molecule has 0 spiro atoms. The fourth-order valence-electron chi connectivity index (χ4n) is 11.6. The second-order valence-electron chi connectivity index (χ2n) is 18.4. The molecule has 11 aromatic carbocycles. The zero-order chi connectivity index (χ0) is 46.2. The van der Waals surface area contributed by atoms with E-state index in [1.807, 2.05) is 18.2 Å². The van der Waals surface area contributed by atoms with E-state index in [9.17, 15) is 0 Å². The third-order valence-electron chi connectivity index (χ3n) is 14.7. The summed E-state index contributed by atoms with van der Waals surface area (Å²) < 4.78 is 2.45. The number of nitrogens with zero attached hydrogens (tertiary/aromatic N) is 3. The molecule has 3 heteroatoms. The van der Waals surface area contributed by atoms with Crippen molar-refractivity contribution in [1.82, 2.24) is 14.5 Å². The Bertz CT molecular complexity index is 4110. The summed E-state index contributed by atoms with van der Waals surface area (Å²) in [5.41, 5.74) is 20.8. The monoisotopic (exact) mass is 889 g/mol. The third-order valence-corrected chi connectivity index (χ3v) is 14.7. The van der Waals surface area contributed by atoms with E-state index in [-0.39, 0.29) is 0 Å². The molecule has 1 aliphatic rings. The lowest BCUT2D eigenvalue weighted by atomic mass is 9.67. The first-order valence-electron chi connectivity index (χ1n) is 24.1. The Morgan fingerprint density at radius 2 is 0.871 bits per heavy atom. The van der Waals surface area contributed by atoms with Gasteiger partial charge in [-0.2, -0.15) is 0 Å². The van der Waals surface area contributed by atoms with Gasteiger partial charge in [0.2, 0.25) is 0 Å². The number of rotatable bonds is 7. The summed E-state index contributed by atoms with van der Waals surface area (Å²) in [7, 11) is 0. The Hall–Kier alpha value is -9.18. The van der Waals surface area contributed by atoms with Crippen molar-refractivity contribution in [2.45, 2.75) is 5.41 Å². The number of benzene rings is 11. The standard InChI is InChI=1S/C67H43N3/c1-4-18-44(19-5-1)52-25-12-13-28-55(52)66-65(68-60-30-16-17-31-61(60)69-66)46-32-37-51(38-33-46)70-62-41-36-45-20-10-11-26-53(45)64(62)56-39-34-48(43-63(56)70)47-35-40-59-57(42-47)54-27-14-15-29-58(54)67(59,49-21-6-2-7-22-49)50-23-8-3-9-24-50/h1-43H. The van der Waals surface area contributed by atoms with Crippen molar-refractivity contribution in [2.75, 3.05) is 0 Å². The first kappa shape index (κ1) is 39.9. The topological polar surface area (TPSA) is 30.7 Å². The van der Waals surface area contributed by atoms with Gasteiger partial charge in [0.1, 0.15) is 0 Å². The van der Waals surface area contributed by atoms with E-state index in [4.69, 9.17) is 9.97 Å².